The van der Waals surface area contributed by atoms with Crippen LogP contribution in [0.15, 0.2) is 32.7 Å². The van der Waals surface area contributed by atoms with Crippen LogP contribution in [-0.2, 0) is 16.6 Å². The standard InChI is InChI=1S/C20H26N4O4S/c1-20(7-8-20)22-29(27,28)15-4-5-17-16(10-15)18(25)24(14-6-9-21-11-14)19(26)23(17)12-13-2-3-13/h4-5,10,13-14,21-22H,2-3,6-9,11-12H2,1H3. The lowest BCUT2D eigenvalue weighted by Crippen LogP contribution is -2.43. The maximum absolute atomic E-state index is 13.3. The number of benzene rings is 1. The molecule has 0 spiro atoms. The van der Waals surface area contributed by atoms with Crippen molar-refractivity contribution >= 4 is 20.9 Å². The summed E-state index contributed by atoms with van der Waals surface area (Å²) in [4.78, 5) is 26.5. The predicted octanol–water partition coefficient (Wildman–Crippen LogP) is 0.938. The van der Waals surface area contributed by atoms with Crippen LogP contribution >= 0.6 is 0 Å². The third-order valence-electron chi connectivity index (χ3n) is 6.37. The number of hydrogen-bond acceptors (Lipinski definition) is 5. The molecule has 156 valence electrons. The van der Waals surface area contributed by atoms with E-state index in [4.69, 9.17) is 0 Å². The van der Waals surface area contributed by atoms with E-state index in [1.807, 2.05) is 6.92 Å². The van der Waals surface area contributed by atoms with Crippen LogP contribution < -0.4 is 21.3 Å². The largest absolute Gasteiger partial charge is 0.331 e. The molecular formula is C20H26N4O4S. The number of nitrogens with one attached hydrogen (secondary N) is 2. The normalized spacial score (nSPS) is 23.6. The minimum atomic E-state index is -3.73. The highest BCUT2D eigenvalue weighted by atomic mass is 32.2. The molecule has 29 heavy (non-hydrogen) atoms. The van der Waals surface area contributed by atoms with Gasteiger partial charge in [0.25, 0.3) is 5.56 Å². The van der Waals surface area contributed by atoms with Crippen LogP contribution in [0.4, 0.5) is 0 Å². The first kappa shape index (κ1) is 19.0. The van der Waals surface area contributed by atoms with Gasteiger partial charge in [-0.2, -0.15) is 0 Å². The Morgan fingerprint density at radius 1 is 1.21 bits per heavy atom. The molecule has 0 amide bonds. The molecular weight excluding hydrogens is 392 g/mol. The number of rotatable bonds is 6. The number of fused-ring (bicyclic) bond motifs is 1. The van der Waals surface area contributed by atoms with Gasteiger partial charge in [0, 0.05) is 18.6 Å². The number of hydrogen-bond donors (Lipinski definition) is 2. The molecule has 2 heterocycles. The Bertz CT molecular complexity index is 1200. The molecule has 2 aliphatic carbocycles. The summed E-state index contributed by atoms with van der Waals surface area (Å²) in [5.74, 6) is 0.448. The van der Waals surface area contributed by atoms with Gasteiger partial charge in [0.15, 0.2) is 0 Å². The van der Waals surface area contributed by atoms with Crippen LogP contribution in [0.2, 0.25) is 0 Å². The molecule has 9 heteroatoms. The highest BCUT2D eigenvalue weighted by Gasteiger charge is 2.41. The lowest BCUT2D eigenvalue weighted by Gasteiger charge is -2.18. The van der Waals surface area contributed by atoms with E-state index >= 15 is 0 Å². The maximum atomic E-state index is 13.3. The van der Waals surface area contributed by atoms with Crippen molar-refractivity contribution in [2.75, 3.05) is 13.1 Å². The van der Waals surface area contributed by atoms with Crippen LogP contribution in [0.25, 0.3) is 10.9 Å². The van der Waals surface area contributed by atoms with E-state index < -0.39 is 21.1 Å². The maximum Gasteiger partial charge on any atom is 0.331 e. The fraction of sp³-hybridized carbons (Fsp3) is 0.600. The molecule has 1 aromatic heterocycles. The number of nitrogens with zero attached hydrogens (tertiary/aromatic N) is 2. The Hall–Kier alpha value is -1.97. The third kappa shape index (κ3) is 3.45. The Morgan fingerprint density at radius 3 is 2.59 bits per heavy atom. The molecule has 1 unspecified atom stereocenters. The molecule has 2 aromatic rings. The van der Waals surface area contributed by atoms with E-state index in [9.17, 15) is 18.0 Å². The van der Waals surface area contributed by atoms with E-state index in [0.717, 1.165) is 32.2 Å². The van der Waals surface area contributed by atoms with Crippen LogP contribution in [0.3, 0.4) is 0 Å². The molecule has 0 bridgehead atoms. The van der Waals surface area contributed by atoms with Gasteiger partial charge in [-0.15, -0.1) is 0 Å². The third-order valence-corrected chi connectivity index (χ3v) is 8.01. The fourth-order valence-corrected chi connectivity index (χ4v) is 5.62. The van der Waals surface area contributed by atoms with Crippen molar-refractivity contribution in [2.24, 2.45) is 5.92 Å². The summed E-state index contributed by atoms with van der Waals surface area (Å²) < 4.78 is 31.4. The zero-order chi connectivity index (χ0) is 20.4. The smallest absolute Gasteiger partial charge is 0.315 e. The minimum Gasteiger partial charge on any atom is -0.315 e. The molecule has 8 nitrogen and oxygen atoms in total. The van der Waals surface area contributed by atoms with Gasteiger partial charge in [0.05, 0.1) is 21.8 Å². The molecule has 1 aliphatic heterocycles. The zero-order valence-corrected chi connectivity index (χ0v) is 17.3. The zero-order valence-electron chi connectivity index (χ0n) is 16.5. The topological polar surface area (TPSA) is 102 Å². The van der Waals surface area contributed by atoms with Crippen LogP contribution in [0, 0.1) is 5.92 Å². The summed E-state index contributed by atoms with van der Waals surface area (Å²) in [6, 6.07) is 4.35. The molecule has 2 saturated carbocycles. The van der Waals surface area contributed by atoms with Crippen molar-refractivity contribution in [1.82, 2.24) is 19.2 Å². The van der Waals surface area contributed by atoms with Gasteiger partial charge >= 0.3 is 5.69 Å². The van der Waals surface area contributed by atoms with Crippen LogP contribution in [0.1, 0.15) is 45.1 Å². The van der Waals surface area contributed by atoms with Crippen molar-refractivity contribution in [3.05, 3.63) is 39.0 Å². The first-order chi connectivity index (χ1) is 13.8. The van der Waals surface area contributed by atoms with E-state index in [2.05, 4.69) is 10.0 Å². The van der Waals surface area contributed by atoms with Crippen molar-refractivity contribution in [3.8, 4) is 0 Å². The summed E-state index contributed by atoms with van der Waals surface area (Å²) in [6.07, 6.45) is 4.48. The summed E-state index contributed by atoms with van der Waals surface area (Å²) in [7, 11) is -3.73. The molecule has 3 aliphatic rings. The molecule has 3 fully saturated rings. The van der Waals surface area contributed by atoms with E-state index in [-0.39, 0.29) is 16.6 Å². The summed E-state index contributed by atoms with van der Waals surface area (Å²) >= 11 is 0. The monoisotopic (exact) mass is 418 g/mol. The quantitative estimate of drug-likeness (QED) is 0.727. The summed E-state index contributed by atoms with van der Waals surface area (Å²) in [5.41, 5.74) is -0.567. The summed E-state index contributed by atoms with van der Waals surface area (Å²) in [5, 5.41) is 3.49. The second-order valence-corrected chi connectivity index (χ2v) is 10.7. The molecule has 5 rings (SSSR count). The Labute approximate surface area is 169 Å². The first-order valence-electron chi connectivity index (χ1n) is 10.3. The van der Waals surface area contributed by atoms with E-state index in [0.29, 0.717) is 36.3 Å². The Morgan fingerprint density at radius 2 is 1.97 bits per heavy atom. The first-order valence-corrected chi connectivity index (χ1v) is 11.8. The van der Waals surface area contributed by atoms with Gasteiger partial charge in [-0.3, -0.25) is 13.9 Å². The Kier molecular flexibility index (Phi) is 4.27. The van der Waals surface area contributed by atoms with Crippen LogP contribution in [0.5, 0.6) is 0 Å². The average Bonchev–Trinajstić information content (AvgIpc) is 3.57. The molecule has 0 radical (unpaired) electrons. The number of aromatic nitrogens is 2. The summed E-state index contributed by atoms with van der Waals surface area (Å²) in [6.45, 7) is 3.77. The van der Waals surface area contributed by atoms with E-state index in [1.165, 1.54) is 16.7 Å². The highest BCUT2D eigenvalue weighted by Crippen LogP contribution is 2.36. The van der Waals surface area contributed by atoms with Gasteiger partial charge in [0.1, 0.15) is 0 Å². The van der Waals surface area contributed by atoms with Gasteiger partial charge in [-0.25, -0.2) is 17.9 Å². The SMILES string of the molecule is CC1(NS(=O)(=O)c2ccc3c(c2)c(=O)n(C2CCNC2)c(=O)n3CC2CC2)CC1. The average molecular weight is 419 g/mol. The van der Waals surface area contributed by atoms with Crippen molar-refractivity contribution in [1.29, 1.82) is 0 Å². The van der Waals surface area contributed by atoms with Crippen molar-refractivity contribution in [2.45, 2.75) is 62.0 Å². The van der Waals surface area contributed by atoms with Gasteiger partial charge in [0.2, 0.25) is 10.0 Å². The van der Waals surface area contributed by atoms with Gasteiger partial charge < -0.3 is 5.32 Å². The second kappa shape index (κ2) is 6.52. The lowest BCUT2D eigenvalue weighted by atomic mass is 10.2. The second-order valence-electron chi connectivity index (χ2n) is 9.00. The molecule has 1 atom stereocenters. The number of sulfonamides is 1. The minimum absolute atomic E-state index is 0.0722. The van der Waals surface area contributed by atoms with Gasteiger partial charge in [-0.05, 0) is 69.7 Å². The van der Waals surface area contributed by atoms with Gasteiger partial charge in [-0.1, -0.05) is 0 Å². The van der Waals surface area contributed by atoms with Crippen LogP contribution in [-0.4, -0.2) is 36.2 Å². The Balaban J connectivity index is 1.69. The molecule has 1 aromatic carbocycles. The lowest BCUT2D eigenvalue weighted by molar-refractivity contribution is 0.473. The van der Waals surface area contributed by atoms with E-state index in [1.54, 1.807) is 10.6 Å². The van der Waals surface area contributed by atoms with Crippen molar-refractivity contribution < 1.29 is 8.42 Å². The van der Waals surface area contributed by atoms with Crippen molar-refractivity contribution in [3.63, 3.8) is 0 Å². The fourth-order valence-electron chi connectivity index (χ4n) is 4.13. The highest BCUT2D eigenvalue weighted by molar-refractivity contribution is 7.89. The molecule has 2 N–H and O–H groups in total. The molecule has 1 saturated heterocycles. The predicted molar refractivity (Wildman–Crippen MR) is 110 cm³/mol.